The number of imidazole rings is 1. The van der Waals surface area contributed by atoms with Crippen LogP contribution in [0, 0.1) is 0 Å². The number of nitrogens with zero attached hydrogens (tertiary/aromatic N) is 4. The van der Waals surface area contributed by atoms with Crippen molar-refractivity contribution in [2.45, 2.75) is 11.7 Å². The van der Waals surface area contributed by atoms with Gasteiger partial charge in [0.15, 0.2) is 16.3 Å². The lowest BCUT2D eigenvalue weighted by molar-refractivity contribution is -0.905. The standard InChI is InChI=1S/C24H27N5O3S/c1-26-21-20(22(30)27(2)24(26)31)29(16-18-8-5-7-17-6-3-4-9-19(17)18)23(25-21)33-15-12-28-10-13-32-14-11-28/h3-9H,10-16H2,1-2H3/p+1. The molecule has 9 heteroatoms. The molecule has 1 aliphatic heterocycles. The van der Waals surface area contributed by atoms with Gasteiger partial charge in [0.25, 0.3) is 5.56 Å². The maximum Gasteiger partial charge on any atom is 0.332 e. The highest BCUT2D eigenvalue weighted by Gasteiger charge is 2.21. The number of rotatable bonds is 6. The lowest BCUT2D eigenvalue weighted by Gasteiger charge is -2.23. The third-order valence-electron chi connectivity index (χ3n) is 6.41. The average Bonchev–Trinajstić information content (AvgIpc) is 3.20. The van der Waals surface area contributed by atoms with Crippen LogP contribution in [0.5, 0.6) is 0 Å². The first-order valence-corrected chi connectivity index (χ1v) is 12.2. The van der Waals surface area contributed by atoms with Crippen molar-refractivity contribution in [3.8, 4) is 0 Å². The third kappa shape index (κ3) is 4.12. The van der Waals surface area contributed by atoms with E-state index in [4.69, 9.17) is 9.72 Å². The summed E-state index contributed by atoms with van der Waals surface area (Å²) in [5.74, 6) is 0.877. The van der Waals surface area contributed by atoms with Crippen LogP contribution < -0.4 is 16.1 Å². The highest BCUT2D eigenvalue weighted by atomic mass is 32.2. The molecule has 33 heavy (non-hydrogen) atoms. The number of hydrogen-bond donors (Lipinski definition) is 1. The van der Waals surface area contributed by atoms with Crippen molar-refractivity contribution in [2.75, 3.05) is 38.6 Å². The van der Waals surface area contributed by atoms with E-state index in [0.717, 1.165) is 64.7 Å². The van der Waals surface area contributed by atoms with Crippen molar-refractivity contribution in [1.82, 2.24) is 18.7 Å². The largest absolute Gasteiger partial charge is 0.370 e. The van der Waals surface area contributed by atoms with Gasteiger partial charge in [-0.3, -0.25) is 13.9 Å². The van der Waals surface area contributed by atoms with E-state index in [0.29, 0.717) is 17.7 Å². The van der Waals surface area contributed by atoms with Crippen LogP contribution >= 0.6 is 11.8 Å². The summed E-state index contributed by atoms with van der Waals surface area (Å²) in [7, 11) is 3.19. The van der Waals surface area contributed by atoms with E-state index >= 15 is 0 Å². The highest BCUT2D eigenvalue weighted by Crippen LogP contribution is 2.25. The number of hydrogen-bond acceptors (Lipinski definition) is 5. The van der Waals surface area contributed by atoms with E-state index < -0.39 is 0 Å². The van der Waals surface area contributed by atoms with Crippen molar-refractivity contribution in [3.05, 3.63) is 68.9 Å². The zero-order valence-electron chi connectivity index (χ0n) is 18.9. The van der Waals surface area contributed by atoms with E-state index in [-0.39, 0.29) is 11.2 Å². The minimum Gasteiger partial charge on any atom is -0.370 e. The SMILES string of the molecule is Cn1c(=O)c2c(nc(SCC[NH+]3CCOCC3)n2Cc2cccc3ccccc23)n(C)c1=O. The van der Waals surface area contributed by atoms with Crippen molar-refractivity contribution >= 4 is 33.7 Å². The van der Waals surface area contributed by atoms with Gasteiger partial charge in [0.1, 0.15) is 13.1 Å². The minimum absolute atomic E-state index is 0.313. The number of thioether (sulfide) groups is 1. The van der Waals surface area contributed by atoms with E-state index in [1.165, 1.54) is 16.5 Å². The van der Waals surface area contributed by atoms with Gasteiger partial charge in [-0.2, -0.15) is 0 Å². The zero-order chi connectivity index (χ0) is 22.9. The molecule has 1 saturated heterocycles. The molecule has 1 N–H and O–H groups in total. The lowest BCUT2D eigenvalue weighted by Crippen LogP contribution is -3.14. The Hall–Kier alpha value is -2.88. The Morgan fingerprint density at radius 2 is 1.79 bits per heavy atom. The molecular weight excluding hydrogens is 438 g/mol. The van der Waals surface area contributed by atoms with Crippen molar-refractivity contribution in [3.63, 3.8) is 0 Å². The van der Waals surface area contributed by atoms with Crippen LogP contribution in [0.2, 0.25) is 0 Å². The predicted molar refractivity (Wildman–Crippen MR) is 130 cm³/mol. The van der Waals surface area contributed by atoms with Crippen LogP contribution in [0.25, 0.3) is 21.9 Å². The van der Waals surface area contributed by atoms with Crippen LogP contribution in [0.1, 0.15) is 5.56 Å². The number of ether oxygens (including phenoxy) is 1. The highest BCUT2D eigenvalue weighted by molar-refractivity contribution is 7.99. The molecule has 0 radical (unpaired) electrons. The zero-order valence-corrected chi connectivity index (χ0v) is 19.7. The van der Waals surface area contributed by atoms with Gasteiger partial charge >= 0.3 is 5.69 Å². The van der Waals surface area contributed by atoms with Gasteiger partial charge in [-0.05, 0) is 16.3 Å². The van der Waals surface area contributed by atoms with Gasteiger partial charge < -0.3 is 14.2 Å². The summed E-state index contributed by atoms with van der Waals surface area (Å²) in [6.45, 7) is 5.15. The van der Waals surface area contributed by atoms with Crippen LogP contribution in [0.15, 0.2) is 57.2 Å². The fraction of sp³-hybridized carbons (Fsp3) is 0.375. The maximum absolute atomic E-state index is 13.2. The topological polar surface area (TPSA) is 75.5 Å². The van der Waals surface area contributed by atoms with Gasteiger partial charge in [0, 0.05) is 14.1 Å². The monoisotopic (exact) mass is 466 g/mol. The molecule has 0 saturated carbocycles. The number of fused-ring (bicyclic) bond motifs is 2. The van der Waals surface area contributed by atoms with Crippen LogP contribution in [0.3, 0.4) is 0 Å². The molecule has 4 aromatic rings. The normalized spacial score (nSPS) is 15.0. The third-order valence-corrected chi connectivity index (χ3v) is 7.39. The van der Waals surface area contributed by atoms with E-state index in [1.54, 1.807) is 18.8 Å². The molecule has 1 fully saturated rings. The van der Waals surface area contributed by atoms with Gasteiger partial charge in [-0.1, -0.05) is 54.2 Å². The summed E-state index contributed by atoms with van der Waals surface area (Å²) in [6.07, 6.45) is 0. The second-order valence-corrected chi connectivity index (χ2v) is 9.52. The predicted octanol–water partition coefficient (Wildman–Crippen LogP) is 0.642. The first-order valence-electron chi connectivity index (χ1n) is 11.2. The molecule has 0 atom stereocenters. The summed E-state index contributed by atoms with van der Waals surface area (Å²) in [5.41, 5.74) is 1.34. The van der Waals surface area contributed by atoms with Gasteiger partial charge in [0.2, 0.25) is 0 Å². The Morgan fingerprint density at radius 3 is 2.61 bits per heavy atom. The Labute approximate surface area is 195 Å². The summed E-state index contributed by atoms with van der Waals surface area (Å²) in [6, 6.07) is 14.5. The van der Waals surface area contributed by atoms with Crippen molar-refractivity contribution < 1.29 is 9.64 Å². The number of benzene rings is 2. The molecule has 0 amide bonds. The number of morpholine rings is 1. The Balaban J connectivity index is 1.57. The van der Waals surface area contributed by atoms with Crippen molar-refractivity contribution in [1.29, 1.82) is 0 Å². The first-order chi connectivity index (χ1) is 16.0. The molecule has 3 heterocycles. The van der Waals surface area contributed by atoms with Crippen LogP contribution in [0.4, 0.5) is 0 Å². The average molecular weight is 467 g/mol. The quantitative estimate of drug-likeness (QED) is 0.422. The second kappa shape index (κ2) is 9.17. The number of aromatic nitrogens is 4. The molecule has 0 spiro atoms. The molecule has 0 bridgehead atoms. The summed E-state index contributed by atoms with van der Waals surface area (Å²) < 4.78 is 10.1. The summed E-state index contributed by atoms with van der Waals surface area (Å²) in [5, 5.41) is 3.07. The molecule has 0 aliphatic carbocycles. The fourth-order valence-electron chi connectivity index (χ4n) is 4.48. The molecule has 2 aromatic carbocycles. The molecule has 5 rings (SSSR count). The maximum atomic E-state index is 13.2. The second-order valence-electron chi connectivity index (χ2n) is 8.46. The van der Waals surface area contributed by atoms with Gasteiger partial charge in [-0.25, -0.2) is 9.78 Å². The smallest absolute Gasteiger partial charge is 0.332 e. The summed E-state index contributed by atoms with van der Waals surface area (Å²) >= 11 is 1.65. The number of quaternary nitrogens is 1. The first kappa shape index (κ1) is 21.9. The molecule has 2 aromatic heterocycles. The molecule has 0 unspecified atom stereocenters. The minimum atomic E-state index is -0.364. The van der Waals surface area contributed by atoms with Gasteiger partial charge in [-0.15, -0.1) is 0 Å². The van der Waals surface area contributed by atoms with E-state index in [1.807, 2.05) is 22.8 Å². The van der Waals surface area contributed by atoms with Crippen LogP contribution in [-0.2, 0) is 25.4 Å². The Kier molecular flexibility index (Phi) is 6.09. The Bertz CT molecular complexity index is 1430. The fourth-order valence-corrected chi connectivity index (χ4v) is 5.52. The van der Waals surface area contributed by atoms with Crippen molar-refractivity contribution in [2.24, 2.45) is 14.1 Å². The Morgan fingerprint density at radius 1 is 1.03 bits per heavy atom. The summed E-state index contributed by atoms with van der Waals surface area (Å²) in [4.78, 5) is 32.0. The van der Waals surface area contributed by atoms with Gasteiger partial charge in [0.05, 0.1) is 32.1 Å². The van der Waals surface area contributed by atoms with E-state index in [2.05, 4.69) is 24.3 Å². The van der Waals surface area contributed by atoms with Crippen LogP contribution in [-0.4, -0.2) is 57.3 Å². The molecule has 8 nitrogen and oxygen atoms in total. The number of aryl methyl sites for hydroxylation is 1. The number of nitrogens with one attached hydrogen (secondary N) is 1. The molecule has 1 aliphatic rings. The molecular formula is C24H28N5O3S+. The molecule has 172 valence electrons. The van der Waals surface area contributed by atoms with E-state index in [9.17, 15) is 9.59 Å². The lowest BCUT2D eigenvalue weighted by atomic mass is 10.0.